The van der Waals surface area contributed by atoms with Crippen LogP contribution in [0.15, 0.2) is 24.3 Å². The molecule has 0 radical (unpaired) electrons. The van der Waals surface area contributed by atoms with Crippen molar-refractivity contribution in [2.45, 2.75) is 33.2 Å². The summed E-state index contributed by atoms with van der Waals surface area (Å²) in [5, 5.41) is 11.6. The second-order valence-electron chi connectivity index (χ2n) is 5.79. The Bertz CT molecular complexity index is 595. The molecule has 2 N–H and O–H groups in total. The Kier molecular flexibility index (Phi) is 7.82. The normalized spacial score (nSPS) is 12.2. The molecule has 0 saturated heterocycles. The number of aliphatic carboxylic acids is 1. The smallest absolute Gasteiger partial charge is 0.326 e. The third-order valence-corrected chi connectivity index (χ3v) is 3.25. The minimum Gasteiger partial charge on any atom is -0.493 e. The zero-order valence-corrected chi connectivity index (χ0v) is 14.5. The predicted octanol–water partition coefficient (Wildman–Crippen LogP) is 2.72. The van der Waals surface area contributed by atoms with E-state index in [1.807, 2.05) is 39.0 Å². The Morgan fingerprint density at radius 2 is 2.00 bits per heavy atom. The van der Waals surface area contributed by atoms with Crippen molar-refractivity contribution in [1.82, 2.24) is 5.32 Å². The molecule has 1 aromatic carbocycles. The summed E-state index contributed by atoms with van der Waals surface area (Å²) < 4.78 is 10.7. The van der Waals surface area contributed by atoms with E-state index in [1.54, 1.807) is 12.1 Å². The summed E-state index contributed by atoms with van der Waals surface area (Å²) in [6.45, 7) is 5.43. The SMILES string of the molecule is C/C=C/c1ccc(OCC(=O)N[C@H](CC(C)C)C(=O)O)c(OC)c1. The van der Waals surface area contributed by atoms with Crippen LogP contribution in [0.4, 0.5) is 0 Å². The molecule has 0 aliphatic rings. The average molecular weight is 335 g/mol. The molecular formula is C18H25NO5. The highest BCUT2D eigenvalue weighted by Gasteiger charge is 2.21. The number of allylic oxidation sites excluding steroid dienone is 1. The number of methoxy groups -OCH3 is 1. The second kappa shape index (κ2) is 9.60. The van der Waals surface area contributed by atoms with Gasteiger partial charge < -0.3 is 19.9 Å². The van der Waals surface area contributed by atoms with Gasteiger partial charge in [0.2, 0.25) is 0 Å². The molecule has 0 saturated carbocycles. The summed E-state index contributed by atoms with van der Waals surface area (Å²) in [5.41, 5.74) is 0.953. The van der Waals surface area contributed by atoms with Gasteiger partial charge in [0, 0.05) is 0 Å². The van der Waals surface area contributed by atoms with E-state index in [0.29, 0.717) is 17.9 Å². The second-order valence-corrected chi connectivity index (χ2v) is 5.79. The number of rotatable bonds is 9. The highest BCUT2D eigenvalue weighted by atomic mass is 16.5. The third-order valence-electron chi connectivity index (χ3n) is 3.25. The van der Waals surface area contributed by atoms with E-state index in [-0.39, 0.29) is 12.5 Å². The molecule has 0 spiro atoms. The van der Waals surface area contributed by atoms with Crippen LogP contribution in [0.3, 0.4) is 0 Å². The first kappa shape index (κ1) is 19.5. The van der Waals surface area contributed by atoms with Gasteiger partial charge in [0.1, 0.15) is 6.04 Å². The quantitative estimate of drug-likeness (QED) is 0.725. The first-order valence-corrected chi connectivity index (χ1v) is 7.83. The maximum absolute atomic E-state index is 11.9. The molecule has 0 aliphatic carbocycles. The topological polar surface area (TPSA) is 84.9 Å². The van der Waals surface area contributed by atoms with Crippen molar-refractivity contribution >= 4 is 18.0 Å². The summed E-state index contributed by atoms with van der Waals surface area (Å²) in [6, 6.07) is 4.44. The Labute approximate surface area is 142 Å². The zero-order valence-electron chi connectivity index (χ0n) is 14.5. The number of ether oxygens (including phenoxy) is 2. The highest BCUT2D eigenvalue weighted by molar-refractivity contribution is 5.84. The van der Waals surface area contributed by atoms with E-state index < -0.39 is 17.9 Å². The molecule has 0 fully saturated rings. The van der Waals surface area contributed by atoms with Crippen LogP contribution in [-0.4, -0.2) is 36.7 Å². The highest BCUT2D eigenvalue weighted by Crippen LogP contribution is 2.28. The lowest BCUT2D eigenvalue weighted by Crippen LogP contribution is -2.43. The molecule has 1 amide bonds. The monoisotopic (exact) mass is 335 g/mol. The van der Waals surface area contributed by atoms with Crippen LogP contribution in [0.1, 0.15) is 32.8 Å². The lowest BCUT2D eigenvalue weighted by molar-refractivity contribution is -0.142. The van der Waals surface area contributed by atoms with E-state index in [9.17, 15) is 9.59 Å². The molecular weight excluding hydrogens is 310 g/mol. The van der Waals surface area contributed by atoms with Crippen molar-refractivity contribution < 1.29 is 24.2 Å². The van der Waals surface area contributed by atoms with Crippen LogP contribution >= 0.6 is 0 Å². The number of hydrogen-bond donors (Lipinski definition) is 2. The minimum absolute atomic E-state index is 0.159. The van der Waals surface area contributed by atoms with E-state index in [0.717, 1.165) is 5.56 Å². The molecule has 0 aliphatic heterocycles. The number of hydrogen-bond acceptors (Lipinski definition) is 4. The molecule has 0 unspecified atom stereocenters. The molecule has 1 atom stereocenters. The van der Waals surface area contributed by atoms with Crippen LogP contribution in [-0.2, 0) is 9.59 Å². The van der Waals surface area contributed by atoms with Gasteiger partial charge in [0.05, 0.1) is 7.11 Å². The Balaban J connectivity index is 2.67. The van der Waals surface area contributed by atoms with E-state index in [1.165, 1.54) is 7.11 Å². The number of nitrogens with one attached hydrogen (secondary N) is 1. The summed E-state index contributed by atoms with van der Waals surface area (Å²) in [5.74, 6) is -0.438. The Morgan fingerprint density at radius 3 is 2.54 bits per heavy atom. The van der Waals surface area contributed by atoms with Gasteiger partial charge in [0.15, 0.2) is 18.1 Å². The molecule has 6 nitrogen and oxygen atoms in total. The number of carbonyl (C=O) groups excluding carboxylic acids is 1. The maximum atomic E-state index is 11.9. The van der Waals surface area contributed by atoms with Gasteiger partial charge in [0.25, 0.3) is 5.91 Å². The fourth-order valence-electron chi connectivity index (χ4n) is 2.17. The molecule has 6 heteroatoms. The molecule has 0 aromatic heterocycles. The van der Waals surface area contributed by atoms with Gasteiger partial charge in [-0.25, -0.2) is 4.79 Å². The van der Waals surface area contributed by atoms with E-state index >= 15 is 0 Å². The number of carbonyl (C=O) groups is 2. The number of benzene rings is 1. The lowest BCUT2D eigenvalue weighted by atomic mass is 10.0. The molecule has 0 bridgehead atoms. The van der Waals surface area contributed by atoms with Crippen LogP contribution in [0, 0.1) is 5.92 Å². The summed E-state index contributed by atoms with van der Waals surface area (Å²) in [4.78, 5) is 23.1. The number of amides is 1. The summed E-state index contributed by atoms with van der Waals surface area (Å²) in [7, 11) is 1.52. The van der Waals surface area contributed by atoms with Crippen LogP contribution < -0.4 is 14.8 Å². The number of carboxylic acid groups (broad SMARTS) is 1. The third kappa shape index (κ3) is 6.32. The maximum Gasteiger partial charge on any atom is 0.326 e. The van der Waals surface area contributed by atoms with Gasteiger partial charge in [-0.3, -0.25) is 4.79 Å². The zero-order chi connectivity index (χ0) is 18.1. The fourth-order valence-corrected chi connectivity index (χ4v) is 2.17. The molecule has 24 heavy (non-hydrogen) atoms. The van der Waals surface area contributed by atoms with Crippen molar-refractivity contribution in [2.75, 3.05) is 13.7 Å². The standard InChI is InChI=1S/C18H25NO5/c1-5-6-13-7-8-15(16(10-13)23-4)24-11-17(20)19-14(18(21)22)9-12(2)3/h5-8,10,12,14H,9,11H2,1-4H3,(H,19,20)(H,21,22)/b6-5+/t14-/m1/s1. The van der Waals surface area contributed by atoms with Crippen molar-refractivity contribution in [2.24, 2.45) is 5.92 Å². The fraction of sp³-hybridized carbons (Fsp3) is 0.444. The summed E-state index contributed by atoms with van der Waals surface area (Å²) in [6.07, 6.45) is 4.19. The number of carboxylic acids is 1. The minimum atomic E-state index is -1.05. The Hall–Kier alpha value is -2.50. The van der Waals surface area contributed by atoms with Crippen LogP contribution in [0.25, 0.3) is 6.08 Å². The van der Waals surface area contributed by atoms with Crippen LogP contribution in [0.2, 0.25) is 0 Å². The van der Waals surface area contributed by atoms with Crippen LogP contribution in [0.5, 0.6) is 11.5 Å². The predicted molar refractivity (Wildman–Crippen MR) is 92.2 cm³/mol. The first-order chi connectivity index (χ1) is 11.4. The first-order valence-electron chi connectivity index (χ1n) is 7.83. The van der Waals surface area contributed by atoms with Crippen molar-refractivity contribution in [1.29, 1.82) is 0 Å². The van der Waals surface area contributed by atoms with Crippen molar-refractivity contribution in [3.63, 3.8) is 0 Å². The van der Waals surface area contributed by atoms with Gasteiger partial charge in [-0.2, -0.15) is 0 Å². The van der Waals surface area contributed by atoms with E-state index in [2.05, 4.69) is 5.32 Å². The molecule has 0 heterocycles. The largest absolute Gasteiger partial charge is 0.493 e. The molecule has 1 rings (SSSR count). The van der Waals surface area contributed by atoms with Gasteiger partial charge in [-0.1, -0.05) is 32.1 Å². The van der Waals surface area contributed by atoms with Gasteiger partial charge >= 0.3 is 5.97 Å². The lowest BCUT2D eigenvalue weighted by Gasteiger charge is -2.17. The van der Waals surface area contributed by atoms with Crippen molar-refractivity contribution in [3.05, 3.63) is 29.8 Å². The molecule has 1 aromatic rings. The van der Waals surface area contributed by atoms with Gasteiger partial charge in [-0.15, -0.1) is 0 Å². The Morgan fingerprint density at radius 1 is 1.29 bits per heavy atom. The molecule has 132 valence electrons. The van der Waals surface area contributed by atoms with E-state index in [4.69, 9.17) is 14.6 Å². The van der Waals surface area contributed by atoms with Gasteiger partial charge in [-0.05, 0) is 37.0 Å². The average Bonchev–Trinajstić information content (AvgIpc) is 2.52. The summed E-state index contributed by atoms with van der Waals surface area (Å²) >= 11 is 0. The van der Waals surface area contributed by atoms with Crippen molar-refractivity contribution in [3.8, 4) is 11.5 Å².